The van der Waals surface area contributed by atoms with Crippen molar-refractivity contribution in [2.75, 3.05) is 0 Å². The first-order valence-corrected chi connectivity index (χ1v) is 10.3. The quantitative estimate of drug-likeness (QED) is 0.432. The Kier molecular flexibility index (Phi) is 6.70. The number of carbonyl (C=O) groups is 1. The monoisotopic (exact) mass is 480 g/mol. The number of aromatic nitrogens is 1. The fraction of sp³-hybridized carbons (Fsp3) is 0.143. The summed E-state index contributed by atoms with van der Waals surface area (Å²) in [5, 5.41) is 4.30. The molecule has 0 atom stereocenters. The summed E-state index contributed by atoms with van der Waals surface area (Å²) in [6.45, 7) is 2.10. The van der Waals surface area contributed by atoms with E-state index < -0.39 is 0 Å². The van der Waals surface area contributed by atoms with Crippen LogP contribution >= 0.6 is 39.1 Å². The third kappa shape index (κ3) is 4.90. The Morgan fingerprint density at radius 3 is 2.54 bits per heavy atom. The molecular formula is C21H16BrCl2FN2O. The number of carbonyl (C=O) groups excluding carboxylic acids is 1. The molecule has 1 aromatic heterocycles. The lowest BCUT2D eigenvalue weighted by Gasteiger charge is -2.11. The van der Waals surface area contributed by atoms with Gasteiger partial charge in [0.05, 0.1) is 15.7 Å². The van der Waals surface area contributed by atoms with Gasteiger partial charge in [-0.15, -0.1) is 0 Å². The van der Waals surface area contributed by atoms with Crippen molar-refractivity contribution in [3.8, 4) is 11.3 Å². The summed E-state index contributed by atoms with van der Waals surface area (Å²) >= 11 is 15.3. The van der Waals surface area contributed by atoms with Crippen LogP contribution in [0.2, 0.25) is 10.0 Å². The van der Waals surface area contributed by atoms with Gasteiger partial charge >= 0.3 is 0 Å². The van der Waals surface area contributed by atoms with Gasteiger partial charge < -0.3 is 5.32 Å². The van der Waals surface area contributed by atoms with Crippen molar-refractivity contribution in [3.05, 3.63) is 86.8 Å². The van der Waals surface area contributed by atoms with Crippen molar-refractivity contribution < 1.29 is 9.18 Å². The van der Waals surface area contributed by atoms with Crippen LogP contribution in [0.15, 0.2) is 48.5 Å². The number of halogens is 4. The largest absolute Gasteiger partial charge is 0.347 e. The molecule has 0 bridgehead atoms. The Morgan fingerprint density at radius 2 is 1.86 bits per heavy atom. The number of nitrogens with zero attached hydrogens (tertiary/aromatic N) is 1. The predicted molar refractivity (Wildman–Crippen MR) is 115 cm³/mol. The molecule has 0 saturated heterocycles. The molecule has 0 aliphatic rings. The Hall–Kier alpha value is -1.95. The molecular weight excluding hydrogens is 466 g/mol. The van der Waals surface area contributed by atoms with Crippen molar-refractivity contribution in [1.82, 2.24) is 10.3 Å². The predicted octanol–water partition coefficient (Wildman–Crippen LogP) is 6.33. The zero-order chi connectivity index (χ0) is 20.3. The molecule has 1 heterocycles. The second kappa shape index (κ2) is 9.03. The van der Waals surface area contributed by atoms with Crippen LogP contribution in [0.4, 0.5) is 4.39 Å². The topological polar surface area (TPSA) is 42.0 Å². The first-order valence-electron chi connectivity index (χ1n) is 8.43. The van der Waals surface area contributed by atoms with Crippen LogP contribution < -0.4 is 5.32 Å². The molecule has 3 aromatic rings. The minimum Gasteiger partial charge on any atom is -0.347 e. The van der Waals surface area contributed by atoms with Gasteiger partial charge in [-0.1, -0.05) is 45.2 Å². The fourth-order valence-electron chi connectivity index (χ4n) is 2.76. The van der Waals surface area contributed by atoms with E-state index in [-0.39, 0.29) is 17.4 Å². The van der Waals surface area contributed by atoms with Crippen LogP contribution in [0.5, 0.6) is 0 Å². The summed E-state index contributed by atoms with van der Waals surface area (Å²) < 4.78 is 13.4. The minimum atomic E-state index is -0.310. The molecule has 0 spiro atoms. The molecule has 7 heteroatoms. The molecule has 0 radical (unpaired) electrons. The highest BCUT2D eigenvalue weighted by molar-refractivity contribution is 9.08. The van der Waals surface area contributed by atoms with Gasteiger partial charge in [0.15, 0.2) is 0 Å². The van der Waals surface area contributed by atoms with E-state index in [2.05, 4.69) is 26.2 Å². The standard InChI is InChI=1S/C21H16BrCl2FN2O/c1-12-6-15(25)3-4-16(12)19-8-14(10-22)9-20(27-19)21(28)26-11-13-2-5-17(23)18(24)7-13/h2-9H,10-11H2,1H3,(H,26,28). The first kappa shape index (κ1) is 20.8. The van der Waals surface area contributed by atoms with Gasteiger partial charge in [0.2, 0.25) is 0 Å². The van der Waals surface area contributed by atoms with Crippen molar-refractivity contribution >= 4 is 45.0 Å². The molecule has 0 aliphatic heterocycles. The van der Waals surface area contributed by atoms with E-state index >= 15 is 0 Å². The number of aryl methyl sites for hydroxylation is 1. The van der Waals surface area contributed by atoms with Crippen LogP contribution in [-0.4, -0.2) is 10.9 Å². The third-order valence-electron chi connectivity index (χ3n) is 4.17. The lowest BCUT2D eigenvalue weighted by atomic mass is 10.0. The highest BCUT2D eigenvalue weighted by Gasteiger charge is 2.13. The fourth-order valence-corrected chi connectivity index (χ4v) is 3.40. The molecule has 144 valence electrons. The molecule has 2 aromatic carbocycles. The highest BCUT2D eigenvalue weighted by atomic mass is 79.9. The van der Waals surface area contributed by atoms with Gasteiger partial charge in [-0.3, -0.25) is 4.79 Å². The van der Waals surface area contributed by atoms with Gasteiger partial charge in [0.25, 0.3) is 5.91 Å². The summed E-state index contributed by atoms with van der Waals surface area (Å²) in [5.41, 5.74) is 4.16. The SMILES string of the molecule is Cc1cc(F)ccc1-c1cc(CBr)cc(C(=O)NCc2ccc(Cl)c(Cl)c2)n1. The number of amides is 1. The van der Waals surface area contributed by atoms with Crippen LogP contribution in [0, 0.1) is 12.7 Å². The third-order valence-corrected chi connectivity index (χ3v) is 5.56. The first-order chi connectivity index (χ1) is 13.4. The Balaban J connectivity index is 1.86. The van der Waals surface area contributed by atoms with Gasteiger partial charge in [-0.2, -0.15) is 0 Å². The van der Waals surface area contributed by atoms with Crippen LogP contribution in [-0.2, 0) is 11.9 Å². The van der Waals surface area contributed by atoms with E-state index in [4.69, 9.17) is 23.2 Å². The lowest BCUT2D eigenvalue weighted by molar-refractivity contribution is 0.0946. The molecule has 0 aliphatic carbocycles. The second-order valence-corrected chi connectivity index (χ2v) is 7.65. The number of benzene rings is 2. The number of hydrogen-bond acceptors (Lipinski definition) is 2. The molecule has 0 saturated carbocycles. The molecule has 3 rings (SSSR count). The average Bonchev–Trinajstić information content (AvgIpc) is 2.68. The van der Waals surface area contributed by atoms with E-state index in [0.29, 0.717) is 27.6 Å². The zero-order valence-corrected chi connectivity index (χ0v) is 18.0. The van der Waals surface area contributed by atoms with Crippen molar-refractivity contribution in [3.63, 3.8) is 0 Å². The number of hydrogen-bond donors (Lipinski definition) is 1. The van der Waals surface area contributed by atoms with Crippen LogP contribution in [0.1, 0.15) is 27.2 Å². The van der Waals surface area contributed by atoms with Crippen molar-refractivity contribution in [2.24, 2.45) is 0 Å². The Labute approximate surface area is 181 Å². The van der Waals surface area contributed by atoms with Gasteiger partial charge in [-0.25, -0.2) is 9.37 Å². The lowest BCUT2D eigenvalue weighted by Crippen LogP contribution is -2.24. The van der Waals surface area contributed by atoms with E-state index in [1.54, 1.807) is 30.3 Å². The van der Waals surface area contributed by atoms with Crippen LogP contribution in [0.3, 0.4) is 0 Å². The number of alkyl halides is 1. The maximum atomic E-state index is 13.4. The van der Waals surface area contributed by atoms with Crippen molar-refractivity contribution in [1.29, 1.82) is 0 Å². The van der Waals surface area contributed by atoms with E-state index in [0.717, 1.165) is 22.3 Å². The van der Waals surface area contributed by atoms with Gasteiger partial charge in [0, 0.05) is 17.4 Å². The minimum absolute atomic E-state index is 0.288. The van der Waals surface area contributed by atoms with Gasteiger partial charge in [0.1, 0.15) is 11.5 Å². The molecule has 28 heavy (non-hydrogen) atoms. The van der Waals surface area contributed by atoms with E-state index in [9.17, 15) is 9.18 Å². The van der Waals surface area contributed by atoms with Gasteiger partial charge in [-0.05, 0) is 66.1 Å². The second-order valence-electron chi connectivity index (χ2n) is 6.27. The summed E-state index contributed by atoms with van der Waals surface area (Å²) in [7, 11) is 0. The number of pyridine rings is 1. The highest BCUT2D eigenvalue weighted by Crippen LogP contribution is 2.25. The smallest absolute Gasteiger partial charge is 0.270 e. The Bertz CT molecular complexity index is 1040. The van der Waals surface area contributed by atoms with E-state index in [1.165, 1.54) is 12.1 Å². The summed E-state index contributed by atoms with van der Waals surface area (Å²) in [5.74, 6) is -0.618. The van der Waals surface area contributed by atoms with E-state index in [1.807, 2.05) is 13.0 Å². The molecule has 0 fully saturated rings. The van der Waals surface area contributed by atoms with Crippen molar-refractivity contribution in [2.45, 2.75) is 18.8 Å². The molecule has 0 unspecified atom stereocenters. The Morgan fingerprint density at radius 1 is 1.07 bits per heavy atom. The summed E-state index contributed by atoms with van der Waals surface area (Å²) in [6.07, 6.45) is 0. The number of rotatable bonds is 5. The maximum absolute atomic E-state index is 13.4. The molecule has 3 nitrogen and oxygen atoms in total. The average molecular weight is 482 g/mol. The summed E-state index contributed by atoms with van der Waals surface area (Å²) in [4.78, 5) is 17.1. The zero-order valence-electron chi connectivity index (χ0n) is 14.9. The number of nitrogens with one attached hydrogen (secondary N) is 1. The maximum Gasteiger partial charge on any atom is 0.270 e. The molecule has 1 N–H and O–H groups in total. The summed E-state index contributed by atoms with van der Waals surface area (Å²) in [6, 6.07) is 13.3. The molecule has 1 amide bonds. The van der Waals surface area contributed by atoms with Crippen LogP contribution in [0.25, 0.3) is 11.3 Å². The normalized spacial score (nSPS) is 10.8.